The molecule has 2 rings (SSSR count). The molecule has 1 aliphatic rings. The van der Waals surface area contributed by atoms with Crippen molar-refractivity contribution < 1.29 is 9.59 Å². The van der Waals surface area contributed by atoms with Crippen molar-refractivity contribution in [3.8, 4) is 0 Å². The predicted octanol–water partition coefficient (Wildman–Crippen LogP) is 3.02. The summed E-state index contributed by atoms with van der Waals surface area (Å²) in [4.78, 5) is 26.2. The van der Waals surface area contributed by atoms with Crippen molar-refractivity contribution in [2.45, 2.75) is 45.7 Å². The first-order valence-corrected chi connectivity index (χ1v) is 9.04. The monoisotopic (exact) mass is 431 g/mol. The van der Waals surface area contributed by atoms with E-state index in [1.165, 1.54) is 6.92 Å². The second-order valence-corrected chi connectivity index (χ2v) is 8.12. The van der Waals surface area contributed by atoms with Crippen LogP contribution in [0.5, 0.6) is 0 Å². The Labute approximate surface area is 164 Å². The minimum absolute atomic E-state index is 0. The smallest absolute Gasteiger partial charge is 0.225 e. The first-order valence-electron chi connectivity index (χ1n) is 8.25. The Morgan fingerprint density at radius 1 is 1.36 bits per heavy atom. The maximum atomic E-state index is 12.7. The third kappa shape index (κ3) is 5.97. The number of benzene rings is 1. The molecule has 1 aromatic carbocycles. The van der Waals surface area contributed by atoms with Crippen LogP contribution in [-0.2, 0) is 9.59 Å². The van der Waals surface area contributed by atoms with Crippen molar-refractivity contribution in [3.63, 3.8) is 0 Å². The van der Waals surface area contributed by atoms with Gasteiger partial charge in [0.1, 0.15) is 0 Å². The molecule has 5 nitrogen and oxygen atoms in total. The highest BCUT2D eigenvalue weighted by atomic mass is 79.9. The van der Waals surface area contributed by atoms with Crippen LogP contribution >= 0.6 is 28.3 Å². The highest BCUT2D eigenvalue weighted by Gasteiger charge is 2.35. The van der Waals surface area contributed by atoms with Crippen molar-refractivity contribution in [1.82, 2.24) is 10.2 Å². The second kappa shape index (κ2) is 9.01. The van der Waals surface area contributed by atoms with Crippen LogP contribution in [0.1, 0.15) is 45.2 Å². The van der Waals surface area contributed by atoms with Crippen molar-refractivity contribution in [1.29, 1.82) is 0 Å². The number of carbonyl (C=O) groups excluding carboxylic acids is 2. The average Bonchev–Trinajstić information content (AvgIpc) is 2.49. The molecule has 1 fully saturated rings. The van der Waals surface area contributed by atoms with Crippen LogP contribution in [0, 0.1) is 5.41 Å². The topological polar surface area (TPSA) is 75.4 Å². The van der Waals surface area contributed by atoms with E-state index in [-0.39, 0.29) is 48.1 Å². The quantitative estimate of drug-likeness (QED) is 0.768. The highest BCUT2D eigenvalue weighted by Crippen LogP contribution is 2.29. The summed E-state index contributed by atoms with van der Waals surface area (Å²) in [6, 6.07) is 7.47. The molecule has 0 aromatic heterocycles. The Morgan fingerprint density at radius 3 is 2.48 bits per heavy atom. The number of piperidine rings is 1. The fourth-order valence-corrected chi connectivity index (χ4v) is 3.35. The molecule has 1 aromatic rings. The fraction of sp³-hybridized carbons (Fsp3) is 0.556. The lowest BCUT2D eigenvalue weighted by atomic mass is 9.79. The van der Waals surface area contributed by atoms with E-state index in [1.54, 1.807) is 0 Å². The second-order valence-electron chi connectivity index (χ2n) is 7.21. The van der Waals surface area contributed by atoms with Gasteiger partial charge in [-0.05, 0) is 29.5 Å². The molecule has 1 heterocycles. The van der Waals surface area contributed by atoms with E-state index in [9.17, 15) is 9.59 Å². The molecule has 0 bridgehead atoms. The number of rotatable bonds is 4. The summed E-state index contributed by atoms with van der Waals surface area (Å²) >= 11 is 3.40. The normalized spacial score (nSPS) is 20.4. The largest absolute Gasteiger partial charge is 0.349 e. The number of amides is 2. The van der Waals surface area contributed by atoms with Crippen molar-refractivity contribution in [3.05, 3.63) is 34.3 Å². The van der Waals surface area contributed by atoms with Gasteiger partial charge in [-0.3, -0.25) is 9.59 Å². The number of nitrogens with zero attached hydrogens (tertiary/aromatic N) is 1. The zero-order valence-electron chi connectivity index (χ0n) is 14.9. The first-order chi connectivity index (χ1) is 11.2. The van der Waals surface area contributed by atoms with Crippen LogP contribution in [-0.4, -0.2) is 35.8 Å². The van der Waals surface area contributed by atoms with E-state index in [0.29, 0.717) is 13.1 Å². The third-order valence-electron chi connectivity index (χ3n) is 4.69. The van der Waals surface area contributed by atoms with E-state index in [4.69, 9.17) is 5.73 Å². The maximum absolute atomic E-state index is 12.7. The Morgan fingerprint density at radius 2 is 1.96 bits per heavy atom. The number of hydrogen-bond donors (Lipinski definition) is 2. The minimum atomic E-state index is -0.318. The Hall–Kier alpha value is -1.11. The van der Waals surface area contributed by atoms with Crippen LogP contribution in [0.15, 0.2) is 28.7 Å². The van der Waals surface area contributed by atoms with Crippen LogP contribution in [0.4, 0.5) is 0 Å². The molecule has 140 valence electrons. The van der Waals surface area contributed by atoms with Crippen LogP contribution < -0.4 is 11.1 Å². The number of hydrogen-bond acceptors (Lipinski definition) is 3. The van der Waals surface area contributed by atoms with Gasteiger partial charge < -0.3 is 16.0 Å². The highest BCUT2D eigenvalue weighted by molar-refractivity contribution is 9.10. The van der Waals surface area contributed by atoms with E-state index < -0.39 is 0 Å². The molecule has 0 saturated carbocycles. The summed E-state index contributed by atoms with van der Waals surface area (Å²) < 4.78 is 0.964. The Bertz CT molecular complexity index is 607. The number of halogens is 2. The molecule has 3 N–H and O–H groups in total. The maximum Gasteiger partial charge on any atom is 0.225 e. The lowest BCUT2D eigenvalue weighted by molar-refractivity contribution is -0.135. The van der Waals surface area contributed by atoms with E-state index >= 15 is 0 Å². The fourth-order valence-electron chi connectivity index (χ4n) is 3.08. The van der Waals surface area contributed by atoms with Gasteiger partial charge in [-0.25, -0.2) is 0 Å². The number of likely N-dealkylation sites (tertiary alicyclic amines) is 1. The van der Waals surface area contributed by atoms with Crippen LogP contribution in [0.2, 0.25) is 0 Å². The summed E-state index contributed by atoms with van der Waals surface area (Å²) in [6.45, 7) is 6.99. The van der Waals surface area contributed by atoms with E-state index in [0.717, 1.165) is 16.5 Å². The van der Waals surface area contributed by atoms with Gasteiger partial charge in [-0.1, -0.05) is 41.9 Å². The van der Waals surface area contributed by atoms with Crippen molar-refractivity contribution in [2.75, 3.05) is 13.1 Å². The van der Waals surface area contributed by atoms with Gasteiger partial charge in [-0.2, -0.15) is 0 Å². The minimum Gasteiger partial charge on any atom is -0.349 e. The average molecular weight is 433 g/mol. The van der Waals surface area contributed by atoms with Gasteiger partial charge in [0.2, 0.25) is 11.8 Å². The van der Waals surface area contributed by atoms with Crippen molar-refractivity contribution >= 4 is 40.2 Å². The summed E-state index contributed by atoms with van der Waals surface area (Å²) in [6.07, 6.45) is 1.06. The predicted molar refractivity (Wildman–Crippen MR) is 106 cm³/mol. The molecule has 2 atom stereocenters. The van der Waals surface area contributed by atoms with Crippen LogP contribution in [0.25, 0.3) is 0 Å². The van der Waals surface area contributed by atoms with Gasteiger partial charge in [0.25, 0.3) is 0 Å². The molecule has 2 unspecified atom stereocenters. The van der Waals surface area contributed by atoms with Gasteiger partial charge in [0.05, 0.1) is 12.5 Å². The molecule has 0 spiro atoms. The number of nitrogens with two attached hydrogens (primary N) is 1. The van der Waals surface area contributed by atoms with Crippen molar-refractivity contribution in [2.24, 2.45) is 11.1 Å². The molecule has 7 heteroatoms. The van der Waals surface area contributed by atoms with E-state index in [1.807, 2.05) is 29.2 Å². The Kier molecular flexibility index (Phi) is 7.90. The third-order valence-corrected chi connectivity index (χ3v) is 5.22. The van der Waals surface area contributed by atoms with Crippen LogP contribution in [0.3, 0.4) is 0 Å². The van der Waals surface area contributed by atoms with E-state index in [2.05, 4.69) is 35.1 Å². The van der Waals surface area contributed by atoms with Gasteiger partial charge >= 0.3 is 0 Å². The summed E-state index contributed by atoms with van der Waals surface area (Å²) in [5.74, 6) is -0.0895. The lowest BCUT2D eigenvalue weighted by Crippen LogP contribution is -2.54. The molecule has 1 aliphatic heterocycles. The van der Waals surface area contributed by atoms with Gasteiger partial charge in [-0.15, -0.1) is 12.4 Å². The lowest BCUT2D eigenvalue weighted by Gasteiger charge is -2.43. The summed E-state index contributed by atoms with van der Waals surface area (Å²) in [7, 11) is 0. The molecule has 0 aliphatic carbocycles. The van der Waals surface area contributed by atoms with Gasteiger partial charge in [0.15, 0.2) is 0 Å². The zero-order valence-corrected chi connectivity index (χ0v) is 17.3. The number of nitrogens with one attached hydrogen (secondary N) is 1. The SMILES string of the molecule is CC(=O)NC(CC(=O)N1CCC(N)C(C)(C)C1)c1ccc(Br)cc1.Cl. The standard InChI is InChI=1S/C18H26BrN3O2.ClH/c1-12(23)21-15(13-4-6-14(19)7-5-13)10-17(24)22-9-8-16(20)18(2,3)11-22;/h4-7,15-16H,8-11,20H2,1-3H3,(H,21,23);1H. The Balaban J connectivity index is 0.00000312. The molecule has 25 heavy (non-hydrogen) atoms. The zero-order chi connectivity index (χ0) is 17.9. The molecule has 2 amide bonds. The molecular formula is C18H27BrClN3O2. The summed E-state index contributed by atoms with van der Waals surface area (Å²) in [5.41, 5.74) is 6.99. The molecular weight excluding hydrogens is 406 g/mol. The number of carbonyl (C=O) groups is 2. The first kappa shape index (κ1) is 21.9. The summed E-state index contributed by atoms with van der Waals surface area (Å²) in [5, 5.41) is 2.89. The molecule has 1 saturated heterocycles. The molecule has 0 radical (unpaired) electrons. The van der Waals surface area contributed by atoms with Gasteiger partial charge in [0, 0.05) is 30.5 Å².